The second-order valence-electron chi connectivity index (χ2n) is 3.78. The topological polar surface area (TPSA) is 43.0 Å². The van der Waals surface area contributed by atoms with E-state index in [2.05, 4.69) is 23.5 Å². The van der Waals surface area contributed by atoms with Crippen LogP contribution in [0.25, 0.3) is 0 Å². The highest BCUT2D eigenvalue weighted by Crippen LogP contribution is 2.06. The molecule has 2 aromatic rings. The van der Waals surface area contributed by atoms with Crippen molar-refractivity contribution in [2.45, 2.75) is 33.5 Å². The van der Waals surface area contributed by atoms with Crippen LogP contribution in [0.4, 0.5) is 0 Å². The van der Waals surface area contributed by atoms with Crippen LogP contribution in [-0.2, 0) is 19.6 Å². The Morgan fingerprint density at radius 1 is 1.44 bits per heavy atom. The highest BCUT2D eigenvalue weighted by Gasteiger charge is 2.03. The normalized spacial score (nSPS) is 10.9. The Hall–Kier alpha value is -1.55. The van der Waals surface area contributed by atoms with Gasteiger partial charge in [0, 0.05) is 24.8 Å². The SMILES string of the molecule is CCn1cc(CNCc2ccco2)c(C)n1. The second-order valence-corrected chi connectivity index (χ2v) is 3.78. The number of furan rings is 1. The number of aromatic nitrogens is 2. The van der Waals surface area contributed by atoms with E-state index in [0.717, 1.165) is 31.1 Å². The number of hydrogen-bond donors (Lipinski definition) is 1. The van der Waals surface area contributed by atoms with Crippen LogP contribution in [0.15, 0.2) is 29.0 Å². The number of nitrogens with one attached hydrogen (secondary N) is 1. The Kier molecular flexibility index (Phi) is 3.41. The third kappa shape index (κ3) is 2.52. The van der Waals surface area contributed by atoms with Gasteiger partial charge in [0.1, 0.15) is 5.76 Å². The molecule has 0 unspecified atom stereocenters. The van der Waals surface area contributed by atoms with Gasteiger partial charge < -0.3 is 9.73 Å². The Bertz CT molecular complexity index is 431. The van der Waals surface area contributed by atoms with Gasteiger partial charge in [-0.25, -0.2) is 0 Å². The summed E-state index contributed by atoms with van der Waals surface area (Å²) in [4.78, 5) is 0. The first-order valence-electron chi connectivity index (χ1n) is 5.55. The van der Waals surface area contributed by atoms with Gasteiger partial charge in [-0.15, -0.1) is 0 Å². The molecule has 0 fully saturated rings. The monoisotopic (exact) mass is 219 g/mol. The fraction of sp³-hybridized carbons (Fsp3) is 0.417. The van der Waals surface area contributed by atoms with Crippen LogP contribution in [0.2, 0.25) is 0 Å². The zero-order chi connectivity index (χ0) is 11.4. The average molecular weight is 219 g/mol. The third-order valence-electron chi connectivity index (χ3n) is 2.57. The van der Waals surface area contributed by atoms with Crippen LogP contribution in [0.5, 0.6) is 0 Å². The van der Waals surface area contributed by atoms with Crippen LogP contribution in [0.3, 0.4) is 0 Å². The van der Waals surface area contributed by atoms with Crippen LogP contribution < -0.4 is 5.32 Å². The summed E-state index contributed by atoms with van der Waals surface area (Å²) in [6.45, 7) is 6.62. The summed E-state index contributed by atoms with van der Waals surface area (Å²) in [5.74, 6) is 0.959. The fourth-order valence-electron chi connectivity index (χ4n) is 1.63. The zero-order valence-electron chi connectivity index (χ0n) is 9.73. The molecule has 0 spiro atoms. The molecule has 0 saturated carbocycles. The minimum atomic E-state index is 0.754. The standard InChI is InChI=1S/C12H17N3O/c1-3-15-9-11(10(2)14-15)7-13-8-12-5-4-6-16-12/h4-6,9,13H,3,7-8H2,1-2H3. The molecule has 0 saturated heterocycles. The molecule has 0 bridgehead atoms. The van der Waals surface area contributed by atoms with E-state index in [4.69, 9.17) is 4.42 Å². The van der Waals surface area contributed by atoms with Gasteiger partial charge in [-0.3, -0.25) is 4.68 Å². The van der Waals surface area contributed by atoms with Gasteiger partial charge in [-0.2, -0.15) is 5.10 Å². The van der Waals surface area contributed by atoms with Crippen molar-refractivity contribution in [3.8, 4) is 0 Å². The number of nitrogens with zero attached hydrogens (tertiary/aromatic N) is 2. The molecule has 0 aliphatic carbocycles. The van der Waals surface area contributed by atoms with Crippen LogP contribution in [-0.4, -0.2) is 9.78 Å². The molecule has 0 aromatic carbocycles. The molecular formula is C12H17N3O. The van der Waals surface area contributed by atoms with Crippen molar-refractivity contribution in [3.63, 3.8) is 0 Å². The lowest BCUT2D eigenvalue weighted by Gasteiger charge is -2.00. The van der Waals surface area contributed by atoms with Crippen molar-refractivity contribution < 1.29 is 4.42 Å². The summed E-state index contributed by atoms with van der Waals surface area (Å²) in [6.07, 6.45) is 3.78. The Morgan fingerprint density at radius 2 is 2.31 bits per heavy atom. The van der Waals surface area contributed by atoms with E-state index in [0.29, 0.717) is 0 Å². The molecule has 0 aliphatic heterocycles. The van der Waals surface area contributed by atoms with Gasteiger partial charge in [0.2, 0.25) is 0 Å². The summed E-state index contributed by atoms with van der Waals surface area (Å²) in [6, 6.07) is 3.87. The highest BCUT2D eigenvalue weighted by molar-refractivity contribution is 5.15. The lowest BCUT2D eigenvalue weighted by Crippen LogP contribution is -2.12. The van der Waals surface area contributed by atoms with Crippen LogP contribution in [0, 0.1) is 6.92 Å². The zero-order valence-corrected chi connectivity index (χ0v) is 9.73. The van der Waals surface area contributed by atoms with E-state index >= 15 is 0 Å². The Morgan fingerprint density at radius 3 is 2.94 bits per heavy atom. The largest absolute Gasteiger partial charge is 0.468 e. The van der Waals surface area contributed by atoms with Gasteiger partial charge in [0.05, 0.1) is 18.5 Å². The van der Waals surface area contributed by atoms with Gasteiger partial charge in [-0.05, 0) is 26.0 Å². The summed E-state index contributed by atoms with van der Waals surface area (Å²) in [7, 11) is 0. The molecular weight excluding hydrogens is 202 g/mol. The van der Waals surface area contributed by atoms with Gasteiger partial charge >= 0.3 is 0 Å². The molecule has 0 radical (unpaired) electrons. The van der Waals surface area contributed by atoms with Gasteiger partial charge in [0.25, 0.3) is 0 Å². The highest BCUT2D eigenvalue weighted by atomic mass is 16.3. The maximum atomic E-state index is 5.24. The predicted octanol–water partition coefficient (Wildman–Crippen LogP) is 2.09. The molecule has 1 N–H and O–H groups in total. The van der Waals surface area contributed by atoms with E-state index in [1.165, 1.54) is 5.56 Å². The van der Waals surface area contributed by atoms with E-state index < -0.39 is 0 Å². The summed E-state index contributed by atoms with van der Waals surface area (Å²) >= 11 is 0. The molecule has 16 heavy (non-hydrogen) atoms. The van der Waals surface area contributed by atoms with Crippen molar-refractivity contribution in [3.05, 3.63) is 41.6 Å². The Labute approximate surface area is 95.3 Å². The molecule has 4 nitrogen and oxygen atoms in total. The maximum absolute atomic E-state index is 5.24. The lowest BCUT2D eigenvalue weighted by molar-refractivity contribution is 0.482. The van der Waals surface area contributed by atoms with E-state index in [9.17, 15) is 0 Å². The minimum absolute atomic E-state index is 0.754. The Balaban J connectivity index is 1.87. The van der Waals surface area contributed by atoms with Crippen LogP contribution in [0.1, 0.15) is 23.9 Å². The van der Waals surface area contributed by atoms with Crippen molar-refractivity contribution in [1.82, 2.24) is 15.1 Å². The van der Waals surface area contributed by atoms with Gasteiger partial charge in [0.15, 0.2) is 0 Å². The molecule has 0 aliphatic rings. The maximum Gasteiger partial charge on any atom is 0.117 e. The van der Waals surface area contributed by atoms with Crippen molar-refractivity contribution in [2.75, 3.05) is 0 Å². The second kappa shape index (κ2) is 4.99. The van der Waals surface area contributed by atoms with Crippen molar-refractivity contribution >= 4 is 0 Å². The first-order valence-corrected chi connectivity index (χ1v) is 5.55. The van der Waals surface area contributed by atoms with E-state index in [1.54, 1.807) is 6.26 Å². The molecule has 2 rings (SSSR count). The van der Waals surface area contributed by atoms with Crippen molar-refractivity contribution in [2.24, 2.45) is 0 Å². The molecule has 86 valence electrons. The summed E-state index contributed by atoms with van der Waals surface area (Å²) in [5.41, 5.74) is 2.34. The van der Waals surface area contributed by atoms with Gasteiger partial charge in [-0.1, -0.05) is 0 Å². The molecule has 4 heteroatoms. The first kappa shape index (κ1) is 11.0. The predicted molar refractivity (Wildman–Crippen MR) is 61.9 cm³/mol. The summed E-state index contributed by atoms with van der Waals surface area (Å²) < 4.78 is 7.20. The lowest BCUT2D eigenvalue weighted by atomic mass is 10.2. The van der Waals surface area contributed by atoms with Crippen LogP contribution >= 0.6 is 0 Å². The van der Waals surface area contributed by atoms with E-state index in [1.807, 2.05) is 23.7 Å². The quantitative estimate of drug-likeness (QED) is 0.837. The van der Waals surface area contributed by atoms with E-state index in [-0.39, 0.29) is 0 Å². The van der Waals surface area contributed by atoms with Crippen molar-refractivity contribution in [1.29, 1.82) is 0 Å². The number of rotatable bonds is 5. The number of aryl methyl sites for hydroxylation is 2. The smallest absolute Gasteiger partial charge is 0.117 e. The molecule has 0 amide bonds. The fourth-order valence-corrected chi connectivity index (χ4v) is 1.63. The molecule has 2 aromatic heterocycles. The first-order chi connectivity index (χ1) is 7.79. The summed E-state index contributed by atoms with van der Waals surface area (Å²) in [5, 5.41) is 7.73. The minimum Gasteiger partial charge on any atom is -0.468 e. The number of hydrogen-bond acceptors (Lipinski definition) is 3. The molecule has 0 atom stereocenters. The molecule has 2 heterocycles. The average Bonchev–Trinajstić information content (AvgIpc) is 2.89. The third-order valence-corrected chi connectivity index (χ3v) is 2.57.